The van der Waals surface area contributed by atoms with Crippen LogP contribution in [-0.2, 0) is 0 Å². The molecule has 12 heavy (non-hydrogen) atoms. The van der Waals surface area contributed by atoms with Crippen LogP contribution in [0, 0.1) is 6.57 Å². The van der Waals surface area contributed by atoms with E-state index in [2.05, 4.69) is 9.74 Å². The van der Waals surface area contributed by atoms with E-state index in [1.165, 1.54) is 45.2 Å². The Labute approximate surface area is 75.4 Å². The fraction of sp³-hybridized carbons (Fsp3) is 0.900. The third-order valence-corrected chi connectivity index (χ3v) is 2.48. The maximum absolute atomic E-state index is 6.72. The minimum Gasteiger partial charge on any atom is -0.316 e. The van der Waals surface area contributed by atoms with Crippen LogP contribution < -0.4 is 0 Å². The third kappa shape index (κ3) is 3.73. The Morgan fingerprint density at radius 3 is 2.17 bits per heavy atom. The van der Waals surface area contributed by atoms with Crippen molar-refractivity contribution in [2.75, 3.05) is 26.2 Å². The number of nitrogens with zero attached hydrogens (tertiary/aromatic N) is 2. The van der Waals surface area contributed by atoms with Crippen LogP contribution in [0.2, 0.25) is 0 Å². The van der Waals surface area contributed by atoms with Gasteiger partial charge in [0.2, 0.25) is 6.54 Å². The largest absolute Gasteiger partial charge is 0.316 e. The Kier molecular flexibility index (Phi) is 4.79. The van der Waals surface area contributed by atoms with E-state index in [0.29, 0.717) is 6.54 Å². The first kappa shape index (κ1) is 9.54. The molecule has 0 aromatic rings. The molecule has 1 aliphatic heterocycles. The third-order valence-electron chi connectivity index (χ3n) is 2.48. The predicted octanol–water partition coefficient (Wildman–Crippen LogP) is 2.17. The highest BCUT2D eigenvalue weighted by Gasteiger charge is 2.07. The maximum atomic E-state index is 6.72. The van der Waals surface area contributed by atoms with Crippen molar-refractivity contribution in [3.05, 3.63) is 11.4 Å². The molecule has 68 valence electrons. The van der Waals surface area contributed by atoms with Crippen LogP contribution in [0.1, 0.15) is 32.1 Å². The molecule has 0 spiro atoms. The van der Waals surface area contributed by atoms with Gasteiger partial charge >= 0.3 is 0 Å². The summed E-state index contributed by atoms with van der Waals surface area (Å²) in [4.78, 5) is 5.83. The lowest BCUT2D eigenvalue weighted by atomic mass is 10.1. The molecule has 0 amide bonds. The standard InChI is InChI=1S/C10H18N2/c1-11-7-10-12-8-5-3-2-4-6-9-12/h2-10H2. The summed E-state index contributed by atoms with van der Waals surface area (Å²) in [6.45, 7) is 10.8. The molecule has 0 N–H and O–H groups in total. The second-order valence-electron chi connectivity index (χ2n) is 3.49. The number of rotatable bonds is 2. The van der Waals surface area contributed by atoms with Gasteiger partial charge in [0.1, 0.15) is 0 Å². The zero-order valence-corrected chi connectivity index (χ0v) is 7.76. The van der Waals surface area contributed by atoms with E-state index in [1.54, 1.807) is 0 Å². The smallest absolute Gasteiger partial charge is 0.227 e. The molecule has 1 fully saturated rings. The molecular formula is C10H18N2. The summed E-state index contributed by atoms with van der Waals surface area (Å²) in [5.41, 5.74) is 0. The maximum Gasteiger partial charge on any atom is 0.227 e. The molecule has 0 bridgehead atoms. The first-order valence-corrected chi connectivity index (χ1v) is 4.99. The molecule has 1 aliphatic rings. The van der Waals surface area contributed by atoms with E-state index in [0.717, 1.165) is 6.54 Å². The van der Waals surface area contributed by atoms with Gasteiger partial charge in [-0.25, -0.2) is 6.57 Å². The fourth-order valence-electron chi connectivity index (χ4n) is 1.73. The number of hydrogen-bond donors (Lipinski definition) is 0. The molecular weight excluding hydrogens is 148 g/mol. The molecule has 1 rings (SSSR count). The molecule has 0 radical (unpaired) electrons. The summed E-state index contributed by atoms with van der Waals surface area (Å²) in [6, 6.07) is 0. The van der Waals surface area contributed by atoms with Crippen molar-refractivity contribution in [1.82, 2.24) is 4.90 Å². The molecule has 0 saturated carbocycles. The van der Waals surface area contributed by atoms with Crippen LogP contribution in [0.3, 0.4) is 0 Å². The van der Waals surface area contributed by atoms with E-state index in [9.17, 15) is 0 Å². The van der Waals surface area contributed by atoms with Crippen molar-refractivity contribution in [3.63, 3.8) is 0 Å². The minimum absolute atomic E-state index is 0.681. The lowest BCUT2D eigenvalue weighted by Crippen LogP contribution is -2.29. The molecule has 1 heterocycles. The quantitative estimate of drug-likeness (QED) is 0.570. The summed E-state index contributed by atoms with van der Waals surface area (Å²) >= 11 is 0. The van der Waals surface area contributed by atoms with Crippen LogP contribution >= 0.6 is 0 Å². The summed E-state index contributed by atoms with van der Waals surface area (Å²) in [5.74, 6) is 0. The summed E-state index contributed by atoms with van der Waals surface area (Å²) in [5, 5.41) is 0. The Morgan fingerprint density at radius 1 is 1.00 bits per heavy atom. The van der Waals surface area contributed by atoms with Crippen molar-refractivity contribution >= 4 is 0 Å². The number of likely N-dealkylation sites (tertiary alicyclic amines) is 1. The first-order valence-electron chi connectivity index (χ1n) is 4.99. The summed E-state index contributed by atoms with van der Waals surface area (Å²) in [6.07, 6.45) is 6.84. The second-order valence-corrected chi connectivity index (χ2v) is 3.49. The van der Waals surface area contributed by atoms with Crippen molar-refractivity contribution in [1.29, 1.82) is 0 Å². The molecule has 0 aromatic heterocycles. The highest BCUT2D eigenvalue weighted by atomic mass is 15.1. The Balaban J connectivity index is 2.16. The normalized spacial score (nSPS) is 20.9. The minimum atomic E-state index is 0.681. The predicted molar refractivity (Wildman–Crippen MR) is 51.0 cm³/mol. The van der Waals surface area contributed by atoms with Crippen molar-refractivity contribution < 1.29 is 0 Å². The van der Waals surface area contributed by atoms with Gasteiger partial charge in [0.25, 0.3) is 0 Å². The van der Waals surface area contributed by atoms with E-state index >= 15 is 0 Å². The van der Waals surface area contributed by atoms with Gasteiger partial charge in [0, 0.05) is 0 Å². The van der Waals surface area contributed by atoms with Gasteiger partial charge in [-0.3, -0.25) is 4.90 Å². The lowest BCUT2D eigenvalue weighted by Gasteiger charge is -2.21. The SMILES string of the molecule is [C-]#[N+]CCN1CCCCCCC1. The monoisotopic (exact) mass is 166 g/mol. The Bertz CT molecular complexity index is 140. The molecule has 1 saturated heterocycles. The molecule has 0 aromatic carbocycles. The molecule has 0 atom stereocenters. The Morgan fingerprint density at radius 2 is 1.58 bits per heavy atom. The van der Waals surface area contributed by atoms with Crippen LogP contribution in [0.4, 0.5) is 0 Å². The van der Waals surface area contributed by atoms with Crippen LogP contribution in [0.15, 0.2) is 0 Å². The highest BCUT2D eigenvalue weighted by molar-refractivity contribution is 4.67. The molecule has 0 aliphatic carbocycles. The van der Waals surface area contributed by atoms with Gasteiger partial charge in [-0.15, -0.1) is 0 Å². The average molecular weight is 166 g/mol. The van der Waals surface area contributed by atoms with Crippen LogP contribution in [-0.4, -0.2) is 31.1 Å². The van der Waals surface area contributed by atoms with Gasteiger partial charge in [0.05, 0.1) is 6.54 Å². The zero-order chi connectivity index (χ0) is 8.65. The van der Waals surface area contributed by atoms with Crippen molar-refractivity contribution in [2.45, 2.75) is 32.1 Å². The van der Waals surface area contributed by atoms with E-state index < -0.39 is 0 Å². The van der Waals surface area contributed by atoms with Gasteiger partial charge in [-0.1, -0.05) is 19.3 Å². The molecule has 2 nitrogen and oxygen atoms in total. The summed E-state index contributed by atoms with van der Waals surface area (Å²) < 4.78 is 0. The van der Waals surface area contributed by atoms with Gasteiger partial charge in [-0.05, 0) is 25.9 Å². The second kappa shape index (κ2) is 6.02. The topological polar surface area (TPSA) is 7.60 Å². The Hall–Kier alpha value is -0.550. The number of hydrogen-bond acceptors (Lipinski definition) is 1. The van der Waals surface area contributed by atoms with E-state index in [1.807, 2.05) is 0 Å². The van der Waals surface area contributed by atoms with Gasteiger partial charge < -0.3 is 4.85 Å². The van der Waals surface area contributed by atoms with Crippen LogP contribution in [0.25, 0.3) is 4.85 Å². The average Bonchev–Trinajstić information content (AvgIpc) is 2.02. The van der Waals surface area contributed by atoms with E-state index in [-0.39, 0.29) is 0 Å². The molecule has 0 unspecified atom stereocenters. The summed E-state index contributed by atoms with van der Waals surface area (Å²) in [7, 11) is 0. The zero-order valence-electron chi connectivity index (χ0n) is 7.76. The molecule has 2 heteroatoms. The first-order chi connectivity index (χ1) is 5.93. The van der Waals surface area contributed by atoms with Gasteiger partial charge in [0.15, 0.2) is 0 Å². The van der Waals surface area contributed by atoms with Crippen LogP contribution in [0.5, 0.6) is 0 Å². The van der Waals surface area contributed by atoms with Crippen molar-refractivity contribution in [2.24, 2.45) is 0 Å². The van der Waals surface area contributed by atoms with Gasteiger partial charge in [-0.2, -0.15) is 0 Å². The fourth-order valence-corrected chi connectivity index (χ4v) is 1.73. The highest BCUT2D eigenvalue weighted by Crippen LogP contribution is 2.09. The van der Waals surface area contributed by atoms with Crippen molar-refractivity contribution in [3.8, 4) is 0 Å². The lowest BCUT2D eigenvalue weighted by molar-refractivity contribution is 0.258. The van der Waals surface area contributed by atoms with E-state index in [4.69, 9.17) is 6.57 Å².